The molecule has 1 aliphatic heterocycles. The van der Waals surface area contributed by atoms with Gasteiger partial charge in [0.05, 0.1) is 12.6 Å². The number of carbonyl (C=O) groups is 2. The van der Waals surface area contributed by atoms with Gasteiger partial charge in [0, 0.05) is 32.2 Å². The monoisotopic (exact) mass is 268 g/mol. The quantitative estimate of drug-likeness (QED) is 0.672. The Bertz CT molecular complexity index is 338. The van der Waals surface area contributed by atoms with Gasteiger partial charge < -0.3 is 15.5 Å². The van der Waals surface area contributed by atoms with E-state index in [9.17, 15) is 9.59 Å². The van der Waals surface area contributed by atoms with Crippen molar-refractivity contribution in [2.75, 3.05) is 39.8 Å². The van der Waals surface area contributed by atoms with E-state index >= 15 is 0 Å². The minimum Gasteiger partial charge on any atom is -0.352 e. The lowest BCUT2D eigenvalue weighted by atomic mass is 10.2. The van der Waals surface area contributed by atoms with Gasteiger partial charge >= 0.3 is 0 Å². The van der Waals surface area contributed by atoms with Crippen LogP contribution in [0.3, 0.4) is 0 Å². The average Bonchev–Trinajstić information content (AvgIpc) is 3.21. The van der Waals surface area contributed by atoms with E-state index in [0.29, 0.717) is 6.04 Å². The summed E-state index contributed by atoms with van der Waals surface area (Å²) < 4.78 is 0. The van der Waals surface area contributed by atoms with Crippen LogP contribution >= 0.6 is 0 Å². The molecule has 1 saturated heterocycles. The van der Waals surface area contributed by atoms with E-state index in [-0.39, 0.29) is 24.4 Å². The molecule has 0 bridgehead atoms. The number of hydrogen-bond acceptors (Lipinski definition) is 4. The number of piperazine rings is 1. The van der Waals surface area contributed by atoms with Gasteiger partial charge in [-0.05, 0) is 26.8 Å². The highest BCUT2D eigenvalue weighted by Gasteiger charge is 2.28. The van der Waals surface area contributed by atoms with Crippen molar-refractivity contribution in [3.05, 3.63) is 0 Å². The molecule has 1 heterocycles. The van der Waals surface area contributed by atoms with Crippen LogP contribution in [0.4, 0.5) is 0 Å². The maximum atomic E-state index is 12.3. The summed E-state index contributed by atoms with van der Waals surface area (Å²) in [5, 5.41) is 6.17. The highest BCUT2D eigenvalue weighted by Crippen LogP contribution is 2.18. The maximum Gasteiger partial charge on any atom is 0.239 e. The van der Waals surface area contributed by atoms with Crippen molar-refractivity contribution in [2.45, 2.75) is 31.8 Å². The van der Waals surface area contributed by atoms with Crippen LogP contribution in [0.1, 0.15) is 19.8 Å². The second-order valence-electron chi connectivity index (χ2n) is 5.51. The van der Waals surface area contributed by atoms with Crippen LogP contribution in [-0.4, -0.2) is 73.5 Å². The second-order valence-corrected chi connectivity index (χ2v) is 5.51. The number of rotatable bonds is 5. The van der Waals surface area contributed by atoms with E-state index in [4.69, 9.17) is 0 Å². The van der Waals surface area contributed by atoms with Crippen LogP contribution in [0, 0.1) is 0 Å². The lowest BCUT2D eigenvalue weighted by molar-refractivity contribution is -0.137. The molecule has 2 fully saturated rings. The predicted octanol–water partition coefficient (Wildman–Crippen LogP) is -0.983. The largest absolute Gasteiger partial charge is 0.352 e. The number of nitrogens with one attached hydrogen (secondary N) is 2. The van der Waals surface area contributed by atoms with Gasteiger partial charge in [-0.25, -0.2) is 0 Å². The SMILES string of the molecule is CC(C(=O)N1CCNCC1)N(C)CC(=O)NC1CC1. The molecule has 0 aromatic rings. The summed E-state index contributed by atoms with van der Waals surface area (Å²) in [6, 6.07) is 0.128. The molecule has 2 rings (SSSR count). The summed E-state index contributed by atoms with van der Waals surface area (Å²) in [5.74, 6) is 0.133. The van der Waals surface area contributed by atoms with Gasteiger partial charge in [-0.3, -0.25) is 14.5 Å². The third-order valence-corrected chi connectivity index (χ3v) is 3.78. The molecule has 6 heteroatoms. The molecule has 2 aliphatic rings. The summed E-state index contributed by atoms with van der Waals surface area (Å²) in [4.78, 5) is 27.7. The van der Waals surface area contributed by atoms with E-state index in [1.807, 2.05) is 23.8 Å². The highest BCUT2D eigenvalue weighted by molar-refractivity contribution is 5.83. The fourth-order valence-corrected chi connectivity index (χ4v) is 2.20. The summed E-state index contributed by atoms with van der Waals surface area (Å²) in [7, 11) is 1.83. The van der Waals surface area contributed by atoms with E-state index in [0.717, 1.165) is 39.0 Å². The van der Waals surface area contributed by atoms with E-state index in [1.165, 1.54) is 0 Å². The number of carbonyl (C=O) groups excluding carboxylic acids is 2. The Kier molecular flexibility index (Phi) is 4.76. The van der Waals surface area contributed by atoms with Crippen LogP contribution in [0.15, 0.2) is 0 Å². The Balaban J connectivity index is 1.77. The lowest BCUT2D eigenvalue weighted by Crippen LogP contribution is -2.53. The van der Waals surface area contributed by atoms with Crippen molar-refractivity contribution < 1.29 is 9.59 Å². The predicted molar refractivity (Wildman–Crippen MR) is 72.7 cm³/mol. The molecule has 0 radical (unpaired) electrons. The second kappa shape index (κ2) is 6.34. The van der Waals surface area contributed by atoms with Crippen LogP contribution in [0.2, 0.25) is 0 Å². The molecule has 0 aromatic heterocycles. The van der Waals surface area contributed by atoms with E-state index < -0.39 is 0 Å². The number of hydrogen-bond donors (Lipinski definition) is 2. The molecule has 1 unspecified atom stereocenters. The maximum absolute atomic E-state index is 12.3. The molecular formula is C13H24N4O2. The Hall–Kier alpha value is -1.14. The van der Waals surface area contributed by atoms with Gasteiger partial charge in [0.2, 0.25) is 11.8 Å². The standard InChI is InChI=1S/C13H24N4O2/c1-10(13(19)17-7-5-14-6-8-17)16(2)9-12(18)15-11-3-4-11/h10-11,14H,3-9H2,1-2H3,(H,15,18). The molecule has 1 saturated carbocycles. The zero-order valence-corrected chi connectivity index (χ0v) is 11.8. The summed E-state index contributed by atoms with van der Waals surface area (Å²) in [6.45, 7) is 5.37. The molecule has 6 nitrogen and oxygen atoms in total. The van der Waals surface area contributed by atoms with Crippen LogP contribution in [-0.2, 0) is 9.59 Å². The average molecular weight is 268 g/mol. The van der Waals surface area contributed by atoms with Gasteiger partial charge in [0.15, 0.2) is 0 Å². The Morgan fingerprint density at radius 3 is 2.58 bits per heavy atom. The van der Waals surface area contributed by atoms with Crippen molar-refractivity contribution >= 4 is 11.8 Å². The minimum atomic E-state index is -0.247. The summed E-state index contributed by atoms with van der Waals surface area (Å²) in [5.41, 5.74) is 0. The molecule has 1 atom stereocenters. The highest BCUT2D eigenvalue weighted by atomic mass is 16.2. The summed E-state index contributed by atoms with van der Waals surface area (Å²) in [6.07, 6.45) is 2.18. The van der Waals surface area contributed by atoms with Gasteiger partial charge in [-0.15, -0.1) is 0 Å². The first kappa shape index (κ1) is 14.3. The fraction of sp³-hybridized carbons (Fsp3) is 0.846. The Morgan fingerprint density at radius 1 is 1.37 bits per heavy atom. The van der Waals surface area contributed by atoms with Crippen molar-refractivity contribution in [1.82, 2.24) is 20.4 Å². The van der Waals surface area contributed by atoms with E-state index in [2.05, 4.69) is 10.6 Å². The van der Waals surface area contributed by atoms with Gasteiger partial charge in [0.1, 0.15) is 0 Å². The first-order chi connectivity index (χ1) is 9.08. The smallest absolute Gasteiger partial charge is 0.239 e. The number of amides is 2. The molecule has 108 valence electrons. The minimum absolute atomic E-state index is 0.0185. The third kappa shape index (κ3) is 4.18. The third-order valence-electron chi connectivity index (χ3n) is 3.78. The van der Waals surface area contributed by atoms with Crippen LogP contribution in [0.5, 0.6) is 0 Å². The lowest BCUT2D eigenvalue weighted by Gasteiger charge is -2.32. The van der Waals surface area contributed by atoms with Crippen molar-refractivity contribution in [3.8, 4) is 0 Å². The topological polar surface area (TPSA) is 64.7 Å². The van der Waals surface area contributed by atoms with Crippen molar-refractivity contribution in [3.63, 3.8) is 0 Å². The molecule has 2 N–H and O–H groups in total. The fourth-order valence-electron chi connectivity index (χ4n) is 2.20. The van der Waals surface area contributed by atoms with Crippen molar-refractivity contribution in [2.24, 2.45) is 0 Å². The zero-order chi connectivity index (χ0) is 13.8. The molecule has 1 aliphatic carbocycles. The first-order valence-electron chi connectivity index (χ1n) is 7.07. The number of nitrogens with zero attached hydrogens (tertiary/aromatic N) is 2. The van der Waals surface area contributed by atoms with Gasteiger partial charge in [-0.2, -0.15) is 0 Å². The van der Waals surface area contributed by atoms with Crippen LogP contribution < -0.4 is 10.6 Å². The Morgan fingerprint density at radius 2 is 2.00 bits per heavy atom. The molecule has 2 amide bonds. The van der Waals surface area contributed by atoms with Gasteiger partial charge in [-0.1, -0.05) is 0 Å². The van der Waals surface area contributed by atoms with Gasteiger partial charge in [0.25, 0.3) is 0 Å². The van der Waals surface area contributed by atoms with E-state index in [1.54, 1.807) is 0 Å². The van der Waals surface area contributed by atoms with Crippen molar-refractivity contribution in [1.29, 1.82) is 0 Å². The Labute approximate surface area is 114 Å². The first-order valence-corrected chi connectivity index (χ1v) is 7.07. The zero-order valence-electron chi connectivity index (χ0n) is 11.8. The normalized spacial score (nSPS) is 21.3. The number of likely N-dealkylation sites (N-methyl/N-ethyl adjacent to an activating group) is 1. The molecule has 19 heavy (non-hydrogen) atoms. The van der Waals surface area contributed by atoms with Crippen LogP contribution in [0.25, 0.3) is 0 Å². The molecule has 0 spiro atoms. The molecule has 0 aromatic carbocycles. The molecular weight excluding hydrogens is 244 g/mol. The summed E-state index contributed by atoms with van der Waals surface area (Å²) >= 11 is 0.